The van der Waals surface area contributed by atoms with Gasteiger partial charge in [-0.25, -0.2) is 13.9 Å². The van der Waals surface area contributed by atoms with Crippen molar-refractivity contribution in [2.24, 2.45) is 0 Å². The van der Waals surface area contributed by atoms with Crippen LogP contribution < -0.4 is 5.32 Å². The summed E-state index contributed by atoms with van der Waals surface area (Å²) in [4.78, 5) is 18.2. The van der Waals surface area contributed by atoms with Crippen LogP contribution in [0, 0.1) is 12.7 Å². The summed E-state index contributed by atoms with van der Waals surface area (Å²) >= 11 is 3.10. The van der Waals surface area contributed by atoms with Gasteiger partial charge >= 0.3 is 0 Å². The molecule has 0 radical (unpaired) electrons. The molecule has 2 aromatic heterocycles. The lowest BCUT2D eigenvalue weighted by molar-refractivity contribution is -0.118. The van der Waals surface area contributed by atoms with Crippen LogP contribution in [0.25, 0.3) is 16.8 Å². The first-order valence-corrected chi connectivity index (χ1v) is 11.9. The molecule has 0 aliphatic rings. The number of thioether (sulfide) groups is 2. The van der Waals surface area contributed by atoms with E-state index in [2.05, 4.69) is 15.4 Å². The fourth-order valence-corrected chi connectivity index (χ4v) is 4.42. The first kappa shape index (κ1) is 21.4. The highest BCUT2D eigenvalue weighted by Crippen LogP contribution is 2.27. The van der Waals surface area contributed by atoms with Gasteiger partial charge < -0.3 is 5.32 Å². The molecular weight excluding hydrogens is 431 g/mol. The highest BCUT2D eigenvalue weighted by Gasteiger charge is 2.14. The van der Waals surface area contributed by atoms with Crippen LogP contribution in [-0.2, 0) is 11.3 Å². The summed E-state index contributed by atoms with van der Waals surface area (Å²) in [6.45, 7) is 2.40. The van der Waals surface area contributed by atoms with Crippen molar-refractivity contribution in [2.75, 3.05) is 12.0 Å². The minimum Gasteiger partial charge on any atom is -0.351 e. The molecule has 31 heavy (non-hydrogen) atoms. The number of hydrogen-bond donors (Lipinski definition) is 1. The van der Waals surface area contributed by atoms with E-state index in [0.29, 0.717) is 12.2 Å². The van der Waals surface area contributed by atoms with Gasteiger partial charge in [-0.05, 0) is 54.6 Å². The summed E-state index contributed by atoms with van der Waals surface area (Å²) in [6, 6.07) is 16.3. The van der Waals surface area contributed by atoms with Gasteiger partial charge in [0.25, 0.3) is 0 Å². The number of halogens is 1. The van der Waals surface area contributed by atoms with E-state index in [1.54, 1.807) is 34.6 Å². The van der Waals surface area contributed by atoms with Crippen molar-refractivity contribution >= 4 is 35.1 Å². The third-order valence-electron chi connectivity index (χ3n) is 4.72. The van der Waals surface area contributed by atoms with Gasteiger partial charge in [-0.15, -0.1) is 11.8 Å². The molecule has 4 rings (SSSR count). The molecule has 0 fully saturated rings. The van der Waals surface area contributed by atoms with E-state index in [-0.39, 0.29) is 17.5 Å². The average molecular weight is 453 g/mol. The van der Waals surface area contributed by atoms with E-state index in [9.17, 15) is 9.18 Å². The Morgan fingerprint density at radius 2 is 1.87 bits per heavy atom. The quantitative estimate of drug-likeness (QED) is 0.317. The predicted molar refractivity (Wildman–Crippen MR) is 124 cm³/mol. The molecule has 2 heterocycles. The van der Waals surface area contributed by atoms with Crippen molar-refractivity contribution in [3.8, 4) is 11.1 Å². The van der Waals surface area contributed by atoms with Crippen LogP contribution in [0.1, 0.15) is 11.3 Å². The number of aromatic nitrogens is 3. The zero-order valence-corrected chi connectivity index (χ0v) is 18.8. The molecule has 2 aromatic carbocycles. The molecule has 0 bridgehead atoms. The number of amides is 1. The molecule has 1 N–H and O–H groups in total. The number of fused-ring (bicyclic) bond motifs is 1. The first-order valence-electron chi connectivity index (χ1n) is 9.67. The number of carbonyl (C=O) groups excluding carboxylic acids is 1. The second-order valence-electron chi connectivity index (χ2n) is 6.95. The number of nitrogens with one attached hydrogen (secondary N) is 1. The van der Waals surface area contributed by atoms with E-state index in [1.807, 2.05) is 43.5 Å². The summed E-state index contributed by atoms with van der Waals surface area (Å²) in [5, 5.41) is 8.24. The molecule has 8 heteroatoms. The Morgan fingerprint density at radius 3 is 2.58 bits per heavy atom. The lowest BCUT2D eigenvalue weighted by Gasteiger charge is -2.08. The monoisotopic (exact) mass is 452 g/mol. The lowest BCUT2D eigenvalue weighted by atomic mass is 10.1. The Morgan fingerprint density at radius 1 is 1.13 bits per heavy atom. The van der Waals surface area contributed by atoms with Crippen molar-refractivity contribution < 1.29 is 9.18 Å². The van der Waals surface area contributed by atoms with Crippen LogP contribution in [0.15, 0.2) is 70.7 Å². The number of nitrogens with zero attached hydrogens (tertiary/aromatic N) is 3. The van der Waals surface area contributed by atoms with E-state index in [1.165, 1.54) is 28.8 Å². The summed E-state index contributed by atoms with van der Waals surface area (Å²) < 4.78 is 15.0. The third kappa shape index (κ3) is 5.08. The van der Waals surface area contributed by atoms with Crippen molar-refractivity contribution in [1.82, 2.24) is 19.9 Å². The predicted octanol–water partition coefficient (Wildman–Crippen LogP) is 4.97. The average Bonchev–Trinajstić information content (AvgIpc) is 3.20. The number of hydrogen-bond acceptors (Lipinski definition) is 5. The maximum atomic E-state index is 13.3. The highest BCUT2D eigenvalue weighted by molar-refractivity contribution is 7.99. The standard InChI is InChI=1S/C23H21FN4OS2/c1-15-11-22(31-14-21(29)25-12-16-3-9-19(30-2)10-4-16)28-23(27-15)20(13-26-28)17-5-7-18(24)8-6-17/h3-11,13H,12,14H2,1-2H3,(H,25,29). The largest absolute Gasteiger partial charge is 0.351 e. The SMILES string of the molecule is CSc1ccc(CNC(=O)CSc2cc(C)nc3c(-c4ccc(F)cc4)cnn23)cc1. The molecule has 0 aliphatic heterocycles. The highest BCUT2D eigenvalue weighted by atomic mass is 32.2. The summed E-state index contributed by atoms with van der Waals surface area (Å²) in [5.41, 5.74) is 4.24. The number of rotatable bonds is 7. The molecule has 0 saturated heterocycles. The van der Waals surface area contributed by atoms with Gasteiger partial charge in [0.05, 0.1) is 11.9 Å². The maximum absolute atomic E-state index is 13.3. The Bertz CT molecular complexity index is 1210. The minimum absolute atomic E-state index is 0.0486. The van der Waals surface area contributed by atoms with Crippen LogP contribution in [0.3, 0.4) is 0 Å². The normalized spacial score (nSPS) is 11.1. The smallest absolute Gasteiger partial charge is 0.230 e. The van der Waals surface area contributed by atoms with E-state index in [0.717, 1.165) is 27.4 Å². The molecule has 1 amide bonds. The van der Waals surface area contributed by atoms with Gasteiger partial charge in [0.15, 0.2) is 5.65 Å². The molecule has 0 unspecified atom stereocenters. The molecule has 0 aliphatic carbocycles. The fourth-order valence-electron chi connectivity index (χ4n) is 3.12. The molecule has 0 saturated carbocycles. The van der Waals surface area contributed by atoms with E-state index in [4.69, 9.17) is 0 Å². The van der Waals surface area contributed by atoms with E-state index < -0.39 is 0 Å². The zero-order chi connectivity index (χ0) is 21.8. The lowest BCUT2D eigenvalue weighted by Crippen LogP contribution is -2.24. The number of aryl methyl sites for hydroxylation is 1. The van der Waals surface area contributed by atoms with Crippen molar-refractivity contribution in [1.29, 1.82) is 0 Å². The van der Waals surface area contributed by atoms with Gasteiger partial charge in [-0.3, -0.25) is 4.79 Å². The molecule has 5 nitrogen and oxygen atoms in total. The molecule has 0 atom stereocenters. The first-order chi connectivity index (χ1) is 15.0. The van der Waals surface area contributed by atoms with Gasteiger partial charge in [0.1, 0.15) is 10.8 Å². The topological polar surface area (TPSA) is 59.3 Å². The maximum Gasteiger partial charge on any atom is 0.230 e. The number of carbonyl (C=O) groups is 1. The molecule has 158 valence electrons. The van der Waals surface area contributed by atoms with Crippen molar-refractivity contribution in [3.63, 3.8) is 0 Å². The summed E-state index contributed by atoms with van der Waals surface area (Å²) in [7, 11) is 0. The van der Waals surface area contributed by atoms with Crippen LogP contribution in [0.4, 0.5) is 4.39 Å². The zero-order valence-electron chi connectivity index (χ0n) is 17.1. The third-order valence-corrected chi connectivity index (χ3v) is 6.46. The Labute approximate surface area is 188 Å². The minimum atomic E-state index is -0.285. The Kier molecular flexibility index (Phi) is 6.58. The van der Waals surface area contributed by atoms with Gasteiger partial charge in [0.2, 0.25) is 5.91 Å². The second-order valence-corrected chi connectivity index (χ2v) is 8.83. The van der Waals surface area contributed by atoms with Crippen molar-refractivity contribution in [2.45, 2.75) is 23.4 Å². The van der Waals surface area contributed by atoms with Crippen LogP contribution in [0.2, 0.25) is 0 Å². The molecular formula is C23H21FN4OS2. The Hall–Kier alpha value is -2.84. The summed E-state index contributed by atoms with van der Waals surface area (Å²) in [6.07, 6.45) is 3.76. The summed E-state index contributed by atoms with van der Waals surface area (Å²) in [5.74, 6) is -0.0630. The van der Waals surface area contributed by atoms with Gasteiger partial charge in [0, 0.05) is 22.7 Å². The molecule has 0 spiro atoms. The van der Waals surface area contributed by atoms with Crippen LogP contribution in [-0.4, -0.2) is 32.5 Å². The fraction of sp³-hybridized carbons (Fsp3) is 0.174. The van der Waals surface area contributed by atoms with Crippen molar-refractivity contribution in [3.05, 3.63) is 77.9 Å². The Balaban J connectivity index is 1.45. The van der Waals surface area contributed by atoms with Gasteiger partial charge in [-0.1, -0.05) is 36.0 Å². The van der Waals surface area contributed by atoms with Crippen LogP contribution >= 0.6 is 23.5 Å². The number of benzene rings is 2. The molecule has 4 aromatic rings. The van der Waals surface area contributed by atoms with Crippen LogP contribution in [0.5, 0.6) is 0 Å². The second kappa shape index (κ2) is 9.53. The van der Waals surface area contributed by atoms with Gasteiger partial charge in [-0.2, -0.15) is 5.10 Å². The van der Waals surface area contributed by atoms with E-state index >= 15 is 0 Å².